The largest absolute Gasteiger partial charge is 0.197 e. The van der Waals surface area contributed by atoms with Gasteiger partial charge >= 0.3 is 0 Å². The smallest absolute Gasteiger partial charge is 0.0137 e. The molecular weight excluding hydrogens is 176 g/mol. The molecule has 1 rings (SSSR count). The third-order valence-electron chi connectivity index (χ3n) is 2.34. The predicted molar refractivity (Wildman–Crippen MR) is 65.5 cm³/mol. The monoisotopic (exact) mass is 198 g/mol. The molecule has 0 radical (unpaired) electrons. The third-order valence-corrected chi connectivity index (χ3v) is 2.34. The van der Waals surface area contributed by atoms with Gasteiger partial charge in [0, 0.05) is 0 Å². The normalized spacial score (nSPS) is 17.2. The average Bonchev–Trinajstić information content (AvgIpc) is 2.32. The first kappa shape index (κ1) is 12.8. The molecule has 0 aromatic heterocycles. The van der Waals surface area contributed by atoms with Crippen LogP contribution in [-0.2, 0) is 0 Å². The van der Waals surface area contributed by atoms with Crippen LogP contribution in [0, 0.1) is 11.3 Å². The van der Waals surface area contributed by atoms with E-state index in [9.17, 15) is 0 Å². The quantitative estimate of drug-likeness (QED) is 0.587. The predicted octanol–water partition coefficient (Wildman–Crippen LogP) is 4.06. The van der Waals surface area contributed by atoms with Crippen molar-refractivity contribution in [1.29, 1.82) is 0 Å². The molecule has 0 unspecified atom stereocenters. The molecule has 0 aromatic rings. The van der Waals surface area contributed by atoms with Gasteiger partial charge in [0.25, 0.3) is 0 Å². The summed E-state index contributed by atoms with van der Waals surface area (Å²) < 4.78 is 0. The highest BCUT2D eigenvalue weighted by molar-refractivity contribution is 7.59. The molecule has 0 spiro atoms. The van der Waals surface area contributed by atoms with Crippen molar-refractivity contribution in [3.05, 3.63) is 24.3 Å². The summed E-state index contributed by atoms with van der Waals surface area (Å²) in [6.07, 6.45) is 8.15. The summed E-state index contributed by atoms with van der Waals surface area (Å²) in [5.74, 6) is 0.740. The minimum Gasteiger partial charge on any atom is -0.197 e. The maximum Gasteiger partial charge on any atom is -0.0137 e. The molecule has 1 heteroatoms. The van der Waals surface area contributed by atoms with Crippen molar-refractivity contribution < 1.29 is 0 Å². The van der Waals surface area contributed by atoms with Gasteiger partial charge < -0.3 is 0 Å². The molecule has 1 aliphatic carbocycles. The SMILES string of the molecule is C=C(CC(C)(C)C)C1CC=CC1.S. The fraction of sp³-hybridized carbons (Fsp3) is 0.667. The number of hydrogen-bond acceptors (Lipinski definition) is 0. The second-order valence-corrected chi connectivity index (χ2v) is 5.04. The summed E-state index contributed by atoms with van der Waals surface area (Å²) in [7, 11) is 0. The van der Waals surface area contributed by atoms with E-state index >= 15 is 0 Å². The maximum absolute atomic E-state index is 4.18. The highest BCUT2D eigenvalue weighted by Gasteiger charge is 2.19. The average molecular weight is 198 g/mol. The van der Waals surface area contributed by atoms with Gasteiger partial charge in [-0.2, -0.15) is 13.5 Å². The zero-order chi connectivity index (χ0) is 9.19. The molecule has 76 valence electrons. The minimum atomic E-state index is 0. The van der Waals surface area contributed by atoms with Crippen molar-refractivity contribution in [2.24, 2.45) is 11.3 Å². The summed E-state index contributed by atoms with van der Waals surface area (Å²) in [4.78, 5) is 0. The number of hydrogen-bond donors (Lipinski definition) is 0. The fourth-order valence-corrected chi connectivity index (χ4v) is 1.78. The summed E-state index contributed by atoms with van der Waals surface area (Å²) in [5, 5.41) is 0. The summed E-state index contributed by atoms with van der Waals surface area (Å²) in [6, 6.07) is 0. The van der Waals surface area contributed by atoms with Crippen molar-refractivity contribution in [1.82, 2.24) is 0 Å². The molecule has 0 fully saturated rings. The van der Waals surface area contributed by atoms with Crippen molar-refractivity contribution in [3.8, 4) is 0 Å². The van der Waals surface area contributed by atoms with Crippen LogP contribution in [0.4, 0.5) is 0 Å². The zero-order valence-corrected chi connectivity index (χ0v) is 10.1. The van der Waals surface area contributed by atoms with E-state index in [1.54, 1.807) is 0 Å². The van der Waals surface area contributed by atoms with Gasteiger partial charge in [-0.1, -0.05) is 45.1 Å². The molecule has 0 atom stereocenters. The molecule has 0 saturated carbocycles. The Morgan fingerprint density at radius 1 is 1.31 bits per heavy atom. The molecule has 0 aromatic carbocycles. The van der Waals surface area contributed by atoms with Gasteiger partial charge in [0.1, 0.15) is 0 Å². The zero-order valence-electron chi connectivity index (χ0n) is 9.06. The topological polar surface area (TPSA) is 0 Å². The Hall–Kier alpha value is -0.170. The summed E-state index contributed by atoms with van der Waals surface area (Å²) in [5.41, 5.74) is 1.84. The van der Waals surface area contributed by atoms with Crippen LogP contribution >= 0.6 is 13.5 Å². The van der Waals surface area contributed by atoms with Crippen molar-refractivity contribution in [3.63, 3.8) is 0 Å². The highest BCUT2D eigenvalue weighted by Crippen LogP contribution is 2.33. The van der Waals surface area contributed by atoms with E-state index in [0.29, 0.717) is 5.41 Å². The van der Waals surface area contributed by atoms with Crippen LogP contribution in [0.2, 0.25) is 0 Å². The van der Waals surface area contributed by atoms with E-state index < -0.39 is 0 Å². The molecule has 1 aliphatic rings. The van der Waals surface area contributed by atoms with E-state index in [4.69, 9.17) is 0 Å². The van der Waals surface area contributed by atoms with Crippen LogP contribution in [0.15, 0.2) is 24.3 Å². The Labute approximate surface area is 89.6 Å². The molecule has 0 saturated heterocycles. The van der Waals surface area contributed by atoms with Crippen molar-refractivity contribution >= 4 is 13.5 Å². The summed E-state index contributed by atoms with van der Waals surface area (Å²) in [6.45, 7) is 11.0. The Bertz CT molecular complexity index is 188. The van der Waals surface area contributed by atoms with Gasteiger partial charge in [-0.25, -0.2) is 0 Å². The van der Waals surface area contributed by atoms with E-state index in [1.165, 1.54) is 24.8 Å². The van der Waals surface area contributed by atoms with Gasteiger partial charge in [-0.05, 0) is 30.6 Å². The Morgan fingerprint density at radius 2 is 1.77 bits per heavy atom. The minimum absolute atomic E-state index is 0. The van der Waals surface area contributed by atoms with Crippen LogP contribution in [0.25, 0.3) is 0 Å². The first-order valence-corrected chi connectivity index (χ1v) is 4.82. The fourth-order valence-electron chi connectivity index (χ4n) is 1.78. The van der Waals surface area contributed by atoms with Crippen LogP contribution in [-0.4, -0.2) is 0 Å². The van der Waals surface area contributed by atoms with E-state index in [-0.39, 0.29) is 13.5 Å². The van der Waals surface area contributed by atoms with Gasteiger partial charge in [-0.15, -0.1) is 0 Å². The van der Waals surface area contributed by atoms with E-state index in [1.807, 2.05) is 0 Å². The highest BCUT2D eigenvalue weighted by atomic mass is 32.1. The lowest BCUT2D eigenvalue weighted by atomic mass is 9.83. The molecule has 13 heavy (non-hydrogen) atoms. The third kappa shape index (κ3) is 4.56. The molecule has 0 amide bonds. The molecular formula is C12H22S. The molecule has 0 heterocycles. The van der Waals surface area contributed by atoms with Crippen molar-refractivity contribution in [2.75, 3.05) is 0 Å². The second-order valence-electron chi connectivity index (χ2n) is 5.04. The standard InChI is InChI=1S/C12H20.H2S/c1-10(9-12(2,3)4)11-7-5-6-8-11;/h5-6,11H,1,7-9H2,2-4H3;1H2. The van der Waals surface area contributed by atoms with Crippen LogP contribution < -0.4 is 0 Å². The maximum atomic E-state index is 4.18. The van der Waals surface area contributed by atoms with Crippen LogP contribution in [0.5, 0.6) is 0 Å². The van der Waals surface area contributed by atoms with Gasteiger partial charge in [-0.3, -0.25) is 0 Å². The number of rotatable bonds is 2. The van der Waals surface area contributed by atoms with Gasteiger partial charge in [0.05, 0.1) is 0 Å². The Morgan fingerprint density at radius 3 is 2.15 bits per heavy atom. The molecule has 0 nitrogen and oxygen atoms in total. The van der Waals surface area contributed by atoms with Crippen molar-refractivity contribution in [2.45, 2.75) is 40.0 Å². The first-order chi connectivity index (χ1) is 5.49. The second kappa shape index (κ2) is 4.90. The molecule has 0 bridgehead atoms. The van der Waals surface area contributed by atoms with Gasteiger partial charge in [0.15, 0.2) is 0 Å². The molecule has 0 aliphatic heterocycles. The first-order valence-electron chi connectivity index (χ1n) is 4.82. The molecule has 0 N–H and O–H groups in total. The van der Waals surface area contributed by atoms with E-state index in [2.05, 4.69) is 39.5 Å². The van der Waals surface area contributed by atoms with Crippen LogP contribution in [0.3, 0.4) is 0 Å². The lowest BCUT2D eigenvalue weighted by Crippen LogP contribution is -2.10. The number of allylic oxidation sites excluding steroid dienone is 3. The Kier molecular flexibility index (Phi) is 4.83. The lowest BCUT2D eigenvalue weighted by molar-refractivity contribution is 0.390. The van der Waals surface area contributed by atoms with Crippen LogP contribution in [0.1, 0.15) is 40.0 Å². The van der Waals surface area contributed by atoms with E-state index in [0.717, 1.165) is 5.92 Å². The summed E-state index contributed by atoms with van der Waals surface area (Å²) >= 11 is 0. The Balaban J connectivity index is 0.00000144. The van der Waals surface area contributed by atoms with Gasteiger partial charge in [0.2, 0.25) is 0 Å². The lowest BCUT2D eigenvalue weighted by Gasteiger charge is -2.23.